The molecular weight excluding hydrogens is 159 g/mol. The van der Waals surface area contributed by atoms with Gasteiger partial charge in [-0.1, -0.05) is 0 Å². The SMILES string of the molecule is [BeH2].[Cu].[Ni].[SiH4]. The average Bonchev–Trinajstić information content (AvgIpc) is 0. The summed E-state index contributed by atoms with van der Waals surface area (Å²) in [7, 11) is 0. The van der Waals surface area contributed by atoms with Crippen LogP contribution >= 0.6 is 0 Å². The first-order valence-corrected chi connectivity index (χ1v) is 0. The van der Waals surface area contributed by atoms with Gasteiger partial charge in [0.05, 0.1) is 0 Å². The predicted molar refractivity (Wildman–Crippen MR) is 19.9 cm³/mol. The monoisotopic (exact) mass is 164 g/mol. The van der Waals surface area contributed by atoms with Crippen LogP contribution in [0.2, 0.25) is 0 Å². The van der Waals surface area contributed by atoms with E-state index in [4.69, 9.17) is 0 Å². The van der Waals surface area contributed by atoms with Crippen LogP contribution in [0.15, 0.2) is 0 Å². The maximum absolute atomic E-state index is 0. The maximum Gasteiger partial charge on any atom is 0 e. The van der Waals surface area contributed by atoms with Crippen LogP contribution in [0.4, 0.5) is 0 Å². The van der Waals surface area contributed by atoms with Gasteiger partial charge in [0.2, 0.25) is 0 Å². The molecule has 0 saturated heterocycles. The van der Waals surface area contributed by atoms with E-state index in [0.29, 0.717) is 0 Å². The van der Waals surface area contributed by atoms with Crippen molar-refractivity contribution in [3.63, 3.8) is 0 Å². The first-order chi connectivity index (χ1) is 0. The fourth-order valence-corrected chi connectivity index (χ4v) is 0. The minimum Gasteiger partial charge on any atom is -0.0149 e. The third kappa shape index (κ3) is 10.00. The second-order valence-corrected chi connectivity index (χ2v) is 0. The molecule has 0 fully saturated rings. The van der Waals surface area contributed by atoms with Gasteiger partial charge in [-0.15, -0.1) is 0 Å². The van der Waals surface area contributed by atoms with E-state index < -0.39 is 0 Å². The zero-order chi connectivity index (χ0) is 0. The summed E-state index contributed by atoms with van der Waals surface area (Å²) in [5.74, 6) is 0. The second kappa shape index (κ2) is 26.0. The Kier molecular flexibility index (Phi) is 347. The van der Waals surface area contributed by atoms with Crippen molar-refractivity contribution in [2.24, 2.45) is 0 Å². The van der Waals surface area contributed by atoms with Crippen molar-refractivity contribution in [2.75, 3.05) is 0 Å². The molecule has 0 bridgehead atoms. The van der Waals surface area contributed by atoms with Gasteiger partial charge in [-0.2, -0.15) is 0 Å². The summed E-state index contributed by atoms with van der Waals surface area (Å²) in [5, 5.41) is 0. The molecule has 0 nitrogen and oxygen atoms in total. The molecule has 4 heteroatoms. The molecule has 4 heavy (non-hydrogen) atoms. The predicted octanol–water partition coefficient (Wildman–Crippen LogP) is -2.37. The largest absolute Gasteiger partial charge is 0.0149 e. The van der Waals surface area contributed by atoms with Gasteiger partial charge in [0.25, 0.3) is 0 Å². The van der Waals surface area contributed by atoms with E-state index in [9.17, 15) is 0 Å². The Morgan fingerprint density at radius 1 is 1.00 bits per heavy atom. The molecule has 0 rings (SSSR count). The topological polar surface area (TPSA) is 0 Å². The fourth-order valence-electron chi connectivity index (χ4n) is 0. The van der Waals surface area contributed by atoms with Gasteiger partial charge >= 0.3 is 10.1 Å². The van der Waals surface area contributed by atoms with E-state index in [1.807, 2.05) is 0 Å². The third-order valence-electron chi connectivity index (χ3n) is 0. The second-order valence-electron chi connectivity index (χ2n) is 0. The van der Waals surface area contributed by atoms with Crippen molar-refractivity contribution < 1.29 is 33.6 Å². The summed E-state index contributed by atoms with van der Waals surface area (Å²) in [6, 6.07) is 0. The summed E-state index contributed by atoms with van der Waals surface area (Å²) < 4.78 is 0. The van der Waals surface area contributed by atoms with Crippen LogP contribution in [0.5, 0.6) is 0 Å². The first-order valence-electron chi connectivity index (χ1n) is 0. The Labute approximate surface area is 54.7 Å². The molecule has 0 aliphatic heterocycles. The van der Waals surface area contributed by atoms with Gasteiger partial charge in [0.15, 0.2) is 0 Å². The molecule has 0 aliphatic rings. The Bertz CT molecular complexity index is 8.00. The zero-order valence-corrected chi connectivity index (χ0v) is 2.55. The Hall–Kier alpha value is 1.40. The van der Waals surface area contributed by atoms with Crippen LogP contribution in [0.3, 0.4) is 0 Å². The third-order valence-corrected chi connectivity index (χ3v) is 0. The van der Waals surface area contributed by atoms with Crippen LogP contribution in [0.1, 0.15) is 0 Å². The van der Waals surface area contributed by atoms with Crippen LogP contribution in [-0.2, 0) is 33.6 Å². The summed E-state index contributed by atoms with van der Waals surface area (Å²) in [6.07, 6.45) is 0. The molecule has 0 atom stereocenters. The summed E-state index contributed by atoms with van der Waals surface area (Å²) >= 11 is 0. The van der Waals surface area contributed by atoms with Crippen molar-refractivity contribution in [2.45, 2.75) is 0 Å². The Morgan fingerprint density at radius 2 is 1.00 bits per heavy atom. The van der Waals surface area contributed by atoms with Crippen molar-refractivity contribution >= 4 is 21.1 Å². The minimum atomic E-state index is 0. The van der Waals surface area contributed by atoms with Crippen molar-refractivity contribution in [3.8, 4) is 0 Å². The van der Waals surface area contributed by atoms with Gasteiger partial charge in [-0.25, -0.2) is 0 Å². The molecule has 0 N–H and O–H groups in total. The van der Waals surface area contributed by atoms with Gasteiger partial charge < -0.3 is 0 Å². The van der Waals surface area contributed by atoms with Gasteiger partial charge in [0, 0.05) is 33.6 Å². The first kappa shape index (κ1) is 53.4. The van der Waals surface area contributed by atoms with Gasteiger partial charge in [-0.05, 0) is 11.0 Å². The molecule has 1 radical (unpaired) electrons. The van der Waals surface area contributed by atoms with Gasteiger partial charge in [-0.3, -0.25) is 0 Å². The maximum atomic E-state index is 0. The van der Waals surface area contributed by atoms with Crippen LogP contribution < -0.4 is 0 Å². The normalized spacial score (nSPS) is 0. The van der Waals surface area contributed by atoms with Crippen molar-refractivity contribution in [1.82, 2.24) is 0 Å². The van der Waals surface area contributed by atoms with Crippen LogP contribution in [0.25, 0.3) is 0 Å². The molecule has 0 heterocycles. The number of hydrogen-bond donors (Lipinski definition) is 0. The van der Waals surface area contributed by atoms with Gasteiger partial charge in [0.1, 0.15) is 0 Å². The molecule has 0 aromatic heterocycles. The quantitative estimate of drug-likeness (QED) is 0.352. The summed E-state index contributed by atoms with van der Waals surface area (Å²) in [4.78, 5) is 0. The molecule has 0 aliphatic carbocycles. The smallest absolute Gasteiger partial charge is 0 e. The number of rotatable bonds is 0. The van der Waals surface area contributed by atoms with E-state index in [-0.39, 0.29) is 54.6 Å². The molecule has 33 valence electrons. The van der Waals surface area contributed by atoms with Crippen molar-refractivity contribution in [3.05, 3.63) is 0 Å². The van der Waals surface area contributed by atoms with E-state index in [1.54, 1.807) is 0 Å². The van der Waals surface area contributed by atoms with E-state index in [1.165, 1.54) is 0 Å². The van der Waals surface area contributed by atoms with E-state index in [0.717, 1.165) is 0 Å². The molecule has 0 saturated carbocycles. The van der Waals surface area contributed by atoms with E-state index >= 15 is 0 Å². The molecule has 0 aromatic rings. The van der Waals surface area contributed by atoms with Crippen LogP contribution in [-0.4, -0.2) is 21.1 Å². The van der Waals surface area contributed by atoms with Crippen molar-refractivity contribution in [1.29, 1.82) is 0 Å². The Morgan fingerprint density at radius 3 is 1.00 bits per heavy atom. The molecule has 0 amide bonds. The Balaban J connectivity index is 0. The standard InChI is InChI=1S/Be.Cu.Ni.H4Si.2H/h;;;1H4;;. The van der Waals surface area contributed by atoms with Crippen LogP contribution in [0, 0.1) is 0 Å². The minimum absolute atomic E-state index is 0. The fraction of sp³-hybridized carbons (Fsp3) is 0. The summed E-state index contributed by atoms with van der Waals surface area (Å²) in [5.41, 5.74) is 0. The number of hydrogen-bond acceptors (Lipinski definition) is 0. The average molecular weight is 165 g/mol. The molecular formula is H6BeCuNiSi. The molecule has 0 aromatic carbocycles. The summed E-state index contributed by atoms with van der Waals surface area (Å²) in [6.45, 7) is 0. The molecule has 0 unspecified atom stereocenters. The molecule has 0 spiro atoms. The van der Waals surface area contributed by atoms with E-state index in [2.05, 4.69) is 0 Å². The zero-order valence-electron chi connectivity index (χ0n) is 0.618.